The molecule has 0 amide bonds. The first-order valence-electron chi connectivity index (χ1n) is 7.01. The van der Waals surface area contributed by atoms with Gasteiger partial charge in [-0.1, -0.05) is 12.5 Å². The number of aryl methyl sites for hydroxylation is 1. The average molecular weight is 247 g/mol. The minimum absolute atomic E-state index is 0.575. The Morgan fingerprint density at radius 2 is 2.00 bits per heavy atom. The Morgan fingerprint density at radius 1 is 1.28 bits per heavy atom. The van der Waals surface area contributed by atoms with Crippen molar-refractivity contribution in [2.45, 2.75) is 39.2 Å². The Bertz CT molecular complexity index is 383. The van der Waals surface area contributed by atoms with E-state index in [9.17, 15) is 0 Å². The Balaban J connectivity index is 1.86. The first kappa shape index (κ1) is 13.2. The molecule has 3 heteroatoms. The summed E-state index contributed by atoms with van der Waals surface area (Å²) >= 11 is 0. The van der Waals surface area contributed by atoms with Crippen LogP contribution in [0.1, 0.15) is 31.7 Å². The number of nitrogens with zero attached hydrogens (tertiary/aromatic N) is 1. The Kier molecular flexibility index (Phi) is 4.48. The number of benzene rings is 1. The molecule has 0 bridgehead atoms. The fourth-order valence-electron chi connectivity index (χ4n) is 2.59. The molecule has 1 atom stereocenters. The largest absolute Gasteiger partial charge is 0.397 e. The van der Waals surface area contributed by atoms with Gasteiger partial charge < -0.3 is 11.1 Å². The van der Waals surface area contributed by atoms with Gasteiger partial charge in [-0.15, -0.1) is 0 Å². The third kappa shape index (κ3) is 3.39. The number of hydrogen-bond donors (Lipinski definition) is 2. The zero-order chi connectivity index (χ0) is 13.0. The lowest BCUT2D eigenvalue weighted by atomic mass is 10.1. The first-order valence-corrected chi connectivity index (χ1v) is 7.01. The number of nitrogen functional groups attached to an aromatic ring is 1. The molecule has 1 unspecified atom stereocenters. The molecular formula is C15H25N3. The number of rotatable bonds is 4. The molecule has 1 fully saturated rings. The van der Waals surface area contributed by atoms with Crippen LogP contribution in [-0.2, 0) is 0 Å². The van der Waals surface area contributed by atoms with Gasteiger partial charge in [0.1, 0.15) is 0 Å². The number of piperidine rings is 1. The average Bonchev–Trinajstić information content (AvgIpc) is 2.38. The second kappa shape index (κ2) is 6.10. The van der Waals surface area contributed by atoms with Crippen LogP contribution in [0.4, 0.5) is 11.4 Å². The molecule has 1 aliphatic heterocycles. The normalized spacial score (nSPS) is 18.6. The second-order valence-electron chi connectivity index (χ2n) is 5.42. The van der Waals surface area contributed by atoms with E-state index >= 15 is 0 Å². The predicted molar refractivity (Wildman–Crippen MR) is 79.0 cm³/mol. The Hall–Kier alpha value is -1.22. The van der Waals surface area contributed by atoms with E-state index in [1.807, 2.05) is 6.07 Å². The molecule has 0 spiro atoms. The summed E-state index contributed by atoms with van der Waals surface area (Å²) in [6.45, 7) is 7.81. The van der Waals surface area contributed by atoms with Crippen LogP contribution in [0.3, 0.4) is 0 Å². The number of nitrogens with one attached hydrogen (secondary N) is 1. The van der Waals surface area contributed by atoms with E-state index in [-0.39, 0.29) is 0 Å². The molecular weight excluding hydrogens is 222 g/mol. The minimum atomic E-state index is 0.575. The van der Waals surface area contributed by atoms with Gasteiger partial charge in [-0.2, -0.15) is 0 Å². The van der Waals surface area contributed by atoms with Gasteiger partial charge in [0, 0.05) is 12.6 Å². The van der Waals surface area contributed by atoms with Crippen molar-refractivity contribution >= 4 is 11.4 Å². The topological polar surface area (TPSA) is 41.3 Å². The van der Waals surface area contributed by atoms with Crippen LogP contribution >= 0.6 is 0 Å². The van der Waals surface area contributed by atoms with E-state index in [0.29, 0.717) is 6.04 Å². The molecule has 1 aromatic rings. The molecule has 0 aliphatic carbocycles. The van der Waals surface area contributed by atoms with Crippen LogP contribution in [-0.4, -0.2) is 30.6 Å². The fourth-order valence-corrected chi connectivity index (χ4v) is 2.59. The van der Waals surface area contributed by atoms with Gasteiger partial charge in [0.15, 0.2) is 0 Å². The summed E-state index contributed by atoms with van der Waals surface area (Å²) in [5.41, 5.74) is 9.13. The third-order valence-corrected chi connectivity index (χ3v) is 3.81. The van der Waals surface area contributed by atoms with E-state index in [1.165, 1.54) is 37.9 Å². The van der Waals surface area contributed by atoms with Gasteiger partial charge in [-0.25, -0.2) is 0 Å². The van der Waals surface area contributed by atoms with Crippen molar-refractivity contribution < 1.29 is 0 Å². The van der Waals surface area contributed by atoms with Gasteiger partial charge in [0.05, 0.1) is 11.4 Å². The van der Waals surface area contributed by atoms with Crippen molar-refractivity contribution in [1.29, 1.82) is 0 Å². The van der Waals surface area contributed by atoms with Crippen molar-refractivity contribution in [3.63, 3.8) is 0 Å². The fraction of sp³-hybridized carbons (Fsp3) is 0.600. The molecule has 1 heterocycles. The summed E-state index contributed by atoms with van der Waals surface area (Å²) in [6, 6.07) is 6.78. The smallest absolute Gasteiger partial charge is 0.0574 e. The van der Waals surface area contributed by atoms with Gasteiger partial charge in [-0.05, 0) is 57.5 Å². The lowest BCUT2D eigenvalue weighted by Crippen LogP contribution is -2.41. The van der Waals surface area contributed by atoms with Crippen molar-refractivity contribution in [2.24, 2.45) is 0 Å². The molecule has 18 heavy (non-hydrogen) atoms. The van der Waals surface area contributed by atoms with Crippen LogP contribution in [0.15, 0.2) is 18.2 Å². The summed E-state index contributed by atoms with van der Waals surface area (Å²) in [6.07, 6.45) is 4.08. The molecule has 1 saturated heterocycles. The van der Waals surface area contributed by atoms with E-state index in [2.05, 4.69) is 36.2 Å². The number of anilines is 2. The SMILES string of the molecule is Cc1ccc(NCC(C)N2CCCCC2)c(N)c1. The van der Waals surface area contributed by atoms with Crippen LogP contribution in [0.25, 0.3) is 0 Å². The summed E-state index contributed by atoms with van der Waals surface area (Å²) in [4.78, 5) is 2.57. The summed E-state index contributed by atoms with van der Waals surface area (Å²) < 4.78 is 0. The van der Waals surface area contributed by atoms with E-state index in [4.69, 9.17) is 5.73 Å². The summed E-state index contributed by atoms with van der Waals surface area (Å²) in [7, 11) is 0. The Labute approximate surface area is 110 Å². The van der Waals surface area contributed by atoms with Crippen molar-refractivity contribution in [2.75, 3.05) is 30.7 Å². The quantitative estimate of drug-likeness (QED) is 0.804. The predicted octanol–water partition coefficient (Wildman–Crippen LogP) is 2.86. The van der Waals surface area contributed by atoms with Crippen LogP contribution < -0.4 is 11.1 Å². The maximum atomic E-state index is 6.01. The van der Waals surface area contributed by atoms with Crippen molar-refractivity contribution in [1.82, 2.24) is 4.90 Å². The lowest BCUT2D eigenvalue weighted by Gasteiger charge is -2.32. The van der Waals surface area contributed by atoms with Gasteiger partial charge >= 0.3 is 0 Å². The van der Waals surface area contributed by atoms with E-state index < -0.39 is 0 Å². The molecule has 0 radical (unpaired) electrons. The highest BCUT2D eigenvalue weighted by molar-refractivity contribution is 5.66. The number of likely N-dealkylation sites (tertiary alicyclic amines) is 1. The minimum Gasteiger partial charge on any atom is -0.397 e. The second-order valence-corrected chi connectivity index (χ2v) is 5.42. The molecule has 3 nitrogen and oxygen atoms in total. The maximum Gasteiger partial charge on any atom is 0.0574 e. The van der Waals surface area contributed by atoms with Crippen LogP contribution in [0, 0.1) is 6.92 Å². The molecule has 0 saturated carbocycles. The summed E-state index contributed by atoms with van der Waals surface area (Å²) in [5, 5.41) is 3.47. The lowest BCUT2D eigenvalue weighted by molar-refractivity contribution is 0.180. The Morgan fingerprint density at radius 3 is 2.67 bits per heavy atom. The van der Waals surface area contributed by atoms with Crippen molar-refractivity contribution in [3.05, 3.63) is 23.8 Å². The molecule has 2 rings (SSSR count). The molecule has 0 aromatic heterocycles. The molecule has 100 valence electrons. The maximum absolute atomic E-state index is 6.01. The van der Waals surface area contributed by atoms with Crippen LogP contribution in [0.2, 0.25) is 0 Å². The molecule has 3 N–H and O–H groups in total. The third-order valence-electron chi connectivity index (χ3n) is 3.81. The number of nitrogens with two attached hydrogens (primary N) is 1. The highest BCUT2D eigenvalue weighted by atomic mass is 15.2. The van der Waals surface area contributed by atoms with Gasteiger partial charge in [0.25, 0.3) is 0 Å². The standard InChI is InChI=1S/C15H25N3/c1-12-6-7-15(14(16)10-12)17-11-13(2)18-8-4-3-5-9-18/h6-7,10,13,17H,3-5,8-9,11,16H2,1-2H3. The molecule has 1 aliphatic rings. The summed E-state index contributed by atoms with van der Waals surface area (Å²) in [5.74, 6) is 0. The highest BCUT2D eigenvalue weighted by Crippen LogP contribution is 2.20. The van der Waals surface area contributed by atoms with E-state index in [1.54, 1.807) is 0 Å². The van der Waals surface area contributed by atoms with Crippen molar-refractivity contribution in [3.8, 4) is 0 Å². The zero-order valence-corrected chi connectivity index (χ0v) is 11.6. The zero-order valence-electron chi connectivity index (χ0n) is 11.6. The first-order chi connectivity index (χ1) is 8.66. The number of hydrogen-bond acceptors (Lipinski definition) is 3. The monoisotopic (exact) mass is 247 g/mol. The van der Waals surface area contributed by atoms with Crippen LogP contribution in [0.5, 0.6) is 0 Å². The highest BCUT2D eigenvalue weighted by Gasteiger charge is 2.16. The molecule has 1 aromatic carbocycles. The van der Waals surface area contributed by atoms with Gasteiger partial charge in [-0.3, -0.25) is 4.90 Å². The van der Waals surface area contributed by atoms with E-state index in [0.717, 1.165) is 17.9 Å². The van der Waals surface area contributed by atoms with Gasteiger partial charge in [0.2, 0.25) is 0 Å².